The van der Waals surface area contributed by atoms with E-state index in [1.807, 2.05) is 67.6 Å². The van der Waals surface area contributed by atoms with Crippen LogP contribution in [0.1, 0.15) is 23.0 Å². The number of furan rings is 1. The number of carbonyl (C=O) groups excluding carboxylic acids is 1. The maximum absolute atomic E-state index is 12.9. The number of rotatable bonds is 6. The lowest BCUT2D eigenvalue weighted by molar-refractivity contribution is 0.0949. The quantitative estimate of drug-likeness (QED) is 0.527. The minimum atomic E-state index is -0.176. The number of hydrogen-bond donors (Lipinski definition) is 1. The number of ether oxygens (including phenoxy) is 1. The summed E-state index contributed by atoms with van der Waals surface area (Å²) in [5, 5.41) is 3.72. The molecule has 2 heterocycles. The van der Waals surface area contributed by atoms with Crippen molar-refractivity contribution in [2.45, 2.75) is 13.5 Å². The highest BCUT2D eigenvalue weighted by molar-refractivity contribution is 6.07. The molecule has 4 aromatic rings. The molecule has 0 atom stereocenters. The van der Waals surface area contributed by atoms with Gasteiger partial charge in [-0.25, -0.2) is 4.98 Å². The second kappa shape index (κ2) is 7.96. The average molecular weight is 372 g/mol. The molecule has 0 aliphatic rings. The highest BCUT2D eigenvalue weighted by Crippen LogP contribution is 2.31. The summed E-state index contributed by atoms with van der Waals surface area (Å²) < 4.78 is 11.0. The Morgan fingerprint density at radius 3 is 2.71 bits per heavy atom. The van der Waals surface area contributed by atoms with Crippen molar-refractivity contribution in [1.82, 2.24) is 10.3 Å². The van der Waals surface area contributed by atoms with Crippen LogP contribution in [0.4, 0.5) is 0 Å². The number of nitrogens with one attached hydrogen (secondary N) is 1. The van der Waals surface area contributed by atoms with Gasteiger partial charge < -0.3 is 14.5 Å². The van der Waals surface area contributed by atoms with Gasteiger partial charge in [-0.05, 0) is 43.3 Å². The highest BCUT2D eigenvalue weighted by atomic mass is 16.5. The van der Waals surface area contributed by atoms with Gasteiger partial charge in [-0.1, -0.05) is 30.3 Å². The van der Waals surface area contributed by atoms with Gasteiger partial charge in [-0.2, -0.15) is 0 Å². The van der Waals surface area contributed by atoms with Crippen molar-refractivity contribution in [2.24, 2.45) is 0 Å². The van der Waals surface area contributed by atoms with E-state index in [0.29, 0.717) is 30.2 Å². The van der Waals surface area contributed by atoms with Gasteiger partial charge in [0.2, 0.25) is 0 Å². The molecular weight excluding hydrogens is 352 g/mol. The van der Waals surface area contributed by atoms with Crippen LogP contribution in [0.3, 0.4) is 0 Å². The van der Waals surface area contributed by atoms with Crippen LogP contribution in [0.15, 0.2) is 77.4 Å². The molecule has 0 saturated carbocycles. The van der Waals surface area contributed by atoms with E-state index >= 15 is 0 Å². The first-order chi connectivity index (χ1) is 13.8. The molecular formula is C23H20N2O3. The molecule has 140 valence electrons. The number of para-hydroxylation sites is 2. The first kappa shape index (κ1) is 17.8. The lowest BCUT2D eigenvalue weighted by Crippen LogP contribution is -2.23. The molecule has 1 amide bonds. The molecule has 0 saturated heterocycles. The van der Waals surface area contributed by atoms with Gasteiger partial charge in [-0.15, -0.1) is 0 Å². The van der Waals surface area contributed by atoms with Crippen molar-refractivity contribution in [3.63, 3.8) is 0 Å². The van der Waals surface area contributed by atoms with E-state index in [9.17, 15) is 4.79 Å². The SMILES string of the molecule is CCOc1ccccc1-c1cc(C(=O)NCc2ccco2)c2ccccc2n1. The van der Waals surface area contributed by atoms with Crippen LogP contribution in [0.5, 0.6) is 5.75 Å². The second-order valence-corrected chi connectivity index (χ2v) is 6.26. The number of carbonyl (C=O) groups is 1. The first-order valence-electron chi connectivity index (χ1n) is 9.19. The summed E-state index contributed by atoms with van der Waals surface area (Å²) in [6.07, 6.45) is 1.59. The monoisotopic (exact) mass is 372 g/mol. The summed E-state index contributed by atoms with van der Waals surface area (Å²) in [5.74, 6) is 1.27. The van der Waals surface area contributed by atoms with Crippen LogP contribution in [0, 0.1) is 0 Å². The van der Waals surface area contributed by atoms with E-state index in [0.717, 1.165) is 22.2 Å². The van der Waals surface area contributed by atoms with Crippen molar-refractivity contribution in [3.05, 3.63) is 84.3 Å². The normalized spacial score (nSPS) is 10.8. The summed E-state index contributed by atoms with van der Waals surface area (Å²) in [7, 11) is 0. The number of aromatic nitrogens is 1. The van der Waals surface area contributed by atoms with Crippen molar-refractivity contribution >= 4 is 16.8 Å². The van der Waals surface area contributed by atoms with Crippen molar-refractivity contribution < 1.29 is 13.9 Å². The summed E-state index contributed by atoms with van der Waals surface area (Å²) in [5.41, 5.74) is 2.88. The predicted molar refractivity (Wildman–Crippen MR) is 108 cm³/mol. The molecule has 1 N–H and O–H groups in total. The largest absolute Gasteiger partial charge is 0.493 e. The van der Waals surface area contributed by atoms with Crippen molar-refractivity contribution in [2.75, 3.05) is 6.61 Å². The number of hydrogen-bond acceptors (Lipinski definition) is 4. The van der Waals surface area contributed by atoms with E-state index in [4.69, 9.17) is 14.1 Å². The van der Waals surface area contributed by atoms with Gasteiger partial charge in [0, 0.05) is 10.9 Å². The average Bonchev–Trinajstić information content (AvgIpc) is 3.25. The Kier molecular flexibility index (Phi) is 5.06. The van der Waals surface area contributed by atoms with Crippen LogP contribution < -0.4 is 10.1 Å². The summed E-state index contributed by atoms with van der Waals surface area (Å²) in [4.78, 5) is 17.7. The number of pyridine rings is 1. The summed E-state index contributed by atoms with van der Waals surface area (Å²) >= 11 is 0. The molecule has 0 radical (unpaired) electrons. The van der Waals surface area contributed by atoms with Crippen LogP contribution in [-0.2, 0) is 6.54 Å². The third kappa shape index (κ3) is 3.60. The van der Waals surface area contributed by atoms with E-state index in [-0.39, 0.29) is 5.91 Å². The molecule has 5 heteroatoms. The Bertz CT molecular complexity index is 1100. The number of fused-ring (bicyclic) bond motifs is 1. The molecule has 5 nitrogen and oxygen atoms in total. The molecule has 0 spiro atoms. The van der Waals surface area contributed by atoms with Crippen LogP contribution in [0.2, 0.25) is 0 Å². The van der Waals surface area contributed by atoms with Gasteiger partial charge in [0.05, 0.1) is 36.2 Å². The zero-order valence-corrected chi connectivity index (χ0v) is 15.5. The molecule has 0 bridgehead atoms. The Balaban J connectivity index is 1.76. The summed E-state index contributed by atoms with van der Waals surface area (Å²) in [6, 6.07) is 20.8. The first-order valence-corrected chi connectivity index (χ1v) is 9.19. The third-order valence-corrected chi connectivity index (χ3v) is 4.43. The Morgan fingerprint density at radius 1 is 1.07 bits per heavy atom. The Hall–Kier alpha value is -3.60. The Morgan fingerprint density at radius 2 is 1.89 bits per heavy atom. The molecule has 2 aromatic carbocycles. The third-order valence-electron chi connectivity index (χ3n) is 4.43. The van der Waals surface area contributed by atoms with Gasteiger partial charge in [0.15, 0.2) is 0 Å². The van der Waals surface area contributed by atoms with Gasteiger partial charge >= 0.3 is 0 Å². The number of benzene rings is 2. The molecule has 28 heavy (non-hydrogen) atoms. The van der Waals surface area contributed by atoms with Crippen LogP contribution in [0.25, 0.3) is 22.2 Å². The summed E-state index contributed by atoms with van der Waals surface area (Å²) in [6.45, 7) is 2.83. The number of amides is 1. The molecule has 2 aromatic heterocycles. The minimum Gasteiger partial charge on any atom is -0.493 e. The predicted octanol–water partition coefficient (Wildman–Crippen LogP) is 4.82. The van der Waals surface area contributed by atoms with Crippen molar-refractivity contribution in [3.8, 4) is 17.0 Å². The zero-order valence-electron chi connectivity index (χ0n) is 15.5. The van der Waals surface area contributed by atoms with E-state index in [1.54, 1.807) is 12.3 Å². The topological polar surface area (TPSA) is 64.4 Å². The molecule has 0 aliphatic heterocycles. The van der Waals surface area contributed by atoms with Crippen molar-refractivity contribution in [1.29, 1.82) is 0 Å². The van der Waals surface area contributed by atoms with E-state index in [1.165, 1.54) is 0 Å². The fraction of sp³-hybridized carbons (Fsp3) is 0.130. The maximum atomic E-state index is 12.9. The minimum absolute atomic E-state index is 0.176. The van der Waals surface area contributed by atoms with E-state index in [2.05, 4.69) is 5.32 Å². The zero-order chi connectivity index (χ0) is 19.3. The standard InChI is InChI=1S/C23H20N2O3/c1-2-27-22-12-6-4-10-18(22)21-14-19(17-9-3-5-11-20(17)25-21)23(26)24-15-16-8-7-13-28-16/h3-14H,2,15H2,1H3,(H,24,26). The maximum Gasteiger partial charge on any atom is 0.252 e. The molecule has 4 rings (SSSR count). The number of nitrogens with zero attached hydrogens (tertiary/aromatic N) is 1. The molecule has 0 aliphatic carbocycles. The van der Waals surface area contributed by atoms with Crippen LogP contribution in [-0.4, -0.2) is 17.5 Å². The fourth-order valence-electron chi connectivity index (χ4n) is 3.14. The van der Waals surface area contributed by atoms with E-state index < -0.39 is 0 Å². The molecule has 0 unspecified atom stereocenters. The Labute approximate surface area is 163 Å². The lowest BCUT2D eigenvalue weighted by atomic mass is 10.0. The van der Waals surface area contributed by atoms with Crippen LogP contribution >= 0.6 is 0 Å². The lowest BCUT2D eigenvalue weighted by Gasteiger charge is -2.13. The van der Waals surface area contributed by atoms with Gasteiger partial charge in [-0.3, -0.25) is 4.79 Å². The van der Waals surface area contributed by atoms with Gasteiger partial charge in [0.1, 0.15) is 11.5 Å². The van der Waals surface area contributed by atoms with Gasteiger partial charge in [0.25, 0.3) is 5.91 Å². The highest BCUT2D eigenvalue weighted by Gasteiger charge is 2.16. The molecule has 0 fully saturated rings. The second-order valence-electron chi connectivity index (χ2n) is 6.26. The fourth-order valence-corrected chi connectivity index (χ4v) is 3.14. The smallest absolute Gasteiger partial charge is 0.252 e.